The Balaban J connectivity index is 2.12. The molecular formula is C16H15F3N4O2. The zero-order valence-electron chi connectivity index (χ0n) is 13.4. The van der Waals surface area contributed by atoms with Gasteiger partial charge in [0.1, 0.15) is 5.82 Å². The van der Waals surface area contributed by atoms with Gasteiger partial charge < -0.3 is 10.0 Å². The van der Waals surface area contributed by atoms with Crippen LogP contribution in [-0.2, 0) is 6.18 Å². The van der Waals surface area contributed by atoms with Crippen molar-refractivity contribution in [2.45, 2.75) is 25.4 Å². The number of halogens is 3. The third-order valence-electron chi connectivity index (χ3n) is 4.20. The number of pyridine rings is 2. The summed E-state index contributed by atoms with van der Waals surface area (Å²) in [5, 5.41) is 10.2. The molecule has 2 aromatic rings. The summed E-state index contributed by atoms with van der Waals surface area (Å²) in [6.45, 7) is 1.59. The fourth-order valence-corrected chi connectivity index (χ4v) is 2.64. The van der Waals surface area contributed by atoms with Crippen molar-refractivity contribution in [3.63, 3.8) is 0 Å². The van der Waals surface area contributed by atoms with Crippen molar-refractivity contribution in [1.82, 2.24) is 14.9 Å². The van der Waals surface area contributed by atoms with Gasteiger partial charge in [-0.05, 0) is 25.1 Å². The second kappa shape index (κ2) is 5.99. The Morgan fingerprint density at radius 1 is 1.24 bits per heavy atom. The highest BCUT2D eigenvalue weighted by Gasteiger charge is 2.43. The van der Waals surface area contributed by atoms with Crippen LogP contribution in [0.2, 0.25) is 0 Å². The molecule has 0 radical (unpaired) electrons. The molecule has 1 aliphatic rings. The topological polar surface area (TPSA) is 69.6 Å². The number of hydrogen-bond acceptors (Lipinski definition) is 4. The van der Waals surface area contributed by atoms with E-state index in [1.807, 2.05) is 0 Å². The lowest BCUT2D eigenvalue weighted by Gasteiger charge is -2.21. The molecule has 25 heavy (non-hydrogen) atoms. The quantitative estimate of drug-likeness (QED) is 0.902. The molecule has 2 aromatic heterocycles. The van der Waals surface area contributed by atoms with Gasteiger partial charge in [-0.15, -0.1) is 0 Å². The highest BCUT2D eigenvalue weighted by Crippen LogP contribution is 2.38. The Bertz CT molecular complexity index is 798. The monoisotopic (exact) mass is 352 g/mol. The molecule has 0 aromatic carbocycles. The Labute approximate surface area is 141 Å². The first-order valence-electron chi connectivity index (χ1n) is 7.44. The molecule has 0 saturated carbocycles. The average Bonchev–Trinajstić information content (AvgIpc) is 2.78. The van der Waals surface area contributed by atoms with Crippen LogP contribution in [0.3, 0.4) is 0 Å². The van der Waals surface area contributed by atoms with Gasteiger partial charge >= 0.3 is 12.2 Å². The molecule has 0 aliphatic carbocycles. The summed E-state index contributed by atoms with van der Waals surface area (Å²) in [7, 11) is 1.46. The van der Waals surface area contributed by atoms with Gasteiger partial charge in [-0.25, -0.2) is 14.7 Å². The Morgan fingerprint density at radius 3 is 2.48 bits per heavy atom. The first kappa shape index (κ1) is 17.2. The molecule has 6 nitrogen and oxygen atoms in total. The van der Waals surface area contributed by atoms with E-state index in [-0.39, 0.29) is 17.1 Å². The Hall–Kier alpha value is -2.68. The molecule has 3 rings (SSSR count). The second-order valence-electron chi connectivity index (χ2n) is 5.72. The lowest BCUT2D eigenvalue weighted by molar-refractivity contribution is -0.137. The molecule has 1 saturated heterocycles. The number of anilines is 1. The van der Waals surface area contributed by atoms with Gasteiger partial charge in [0.25, 0.3) is 0 Å². The molecule has 3 heterocycles. The molecule has 1 fully saturated rings. The van der Waals surface area contributed by atoms with Gasteiger partial charge in [0.2, 0.25) is 0 Å². The molecule has 1 aliphatic heterocycles. The third-order valence-corrected chi connectivity index (χ3v) is 4.20. The van der Waals surface area contributed by atoms with Gasteiger partial charge in [0, 0.05) is 25.0 Å². The molecule has 0 spiro atoms. The van der Waals surface area contributed by atoms with Gasteiger partial charge in [-0.1, -0.05) is 6.07 Å². The van der Waals surface area contributed by atoms with Crippen LogP contribution < -0.4 is 4.90 Å². The molecule has 9 heteroatoms. The molecule has 2 unspecified atom stereocenters. The van der Waals surface area contributed by atoms with E-state index in [0.717, 1.165) is 17.2 Å². The maximum atomic E-state index is 13.5. The zero-order chi connectivity index (χ0) is 18.4. The SMILES string of the molecule is CC1C(O)N(c2cc(C(F)(F)F)c(-c3ccccn3)cn2)C(=O)N1C. The first-order chi connectivity index (χ1) is 11.7. The fourth-order valence-electron chi connectivity index (χ4n) is 2.64. The lowest BCUT2D eigenvalue weighted by atomic mass is 10.1. The van der Waals surface area contributed by atoms with E-state index in [0.29, 0.717) is 0 Å². The van der Waals surface area contributed by atoms with Crippen LogP contribution in [0.5, 0.6) is 0 Å². The summed E-state index contributed by atoms with van der Waals surface area (Å²) in [6.07, 6.45) is -3.56. The second-order valence-corrected chi connectivity index (χ2v) is 5.72. The molecular weight excluding hydrogens is 337 g/mol. The van der Waals surface area contributed by atoms with E-state index in [9.17, 15) is 23.1 Å². The van der Waals surface area contributed by atoms with E-state index >= 15 is 0 Å². The van der Waals surface area contributed by atoms with Gasteiger partial charge in [-0.3, -0.25) is 4.98 Å². The smallest absolute Gasteiger partial charge is 0.371 e. The van der Waals surface area contributed by atoms with Gasteiger partial charge in [0.05, 0.1) is 17.3 Å². The highest BCUT2D eigenvalue weighted by molar-refractivity contribution is 5.94. The largest absolute Gasteiger partial charge is 0.417 e. The summed E-state index contributed by atoms with van der Waals surface area (Å²) in [5.74, 6) is -0.263. The molecule has 0 bridgehead atoms. The van der Waals surface area contributed by atoms with E-state index < -0.39 is 30.0 Å². The highest BCUT2D eigenvalue weighted by atomic mass is 19.4. The van der Waals surface area contributed by atoms with E-state index in [1.54, 1.807) is 19.1 Å². The zero-order valence-corrected chi connectivity index (χ0v) is 13.4. The maximum Gasteiger partial charge on any atom is 0.417 e. The van der Waals surface area contributed by atoms with Crippen molar-refractivity contribution < 1.29 is 23.1 Å². The summed E-state index contributed by atoms with van der Waals surface area (Å²) >= 11 is 0. The van der Waals surface area contributed by atoms with Crippen molar-refractivity contribution in [3.05, 3.63) is 42.2 Å². The minimum Gasteiger partial charge on any atom is -0.371 e. The molecule has 2 amide bonds. The predicted octanol–water partition coefficient (Wildman–Crippen LogP) is 2.74. The average molecular weight is 352 g/mol. The Morgan fingerprint density at radius 2 is 1.96 bits per heavy atom. The van der Waals surface area contributed by atoms with E-state index in [2.05, 4.69) is 9.97 Å². The number of carbonyl (C=O) groups excluding carboxylic acids is 1. The van der Waals surface area contributed by atoms with Crippen LogP contribution >= 0.6 is 0 Å². The van der Waals surface area contributed by atoms with Crippen molar-refractivity contribution in [3.8, 4) is 11.3 Å². The number of alkyl halides is 3. The fraction of sp³-hybridized carbons (Fsp3) is 0.312. The van der Waals surface area contributed by atoms with Crippen LogP contribution in [-0.4, -0.2) is 45.3 Å². The number of rotatable bonds is 2. The summed E-state index contributed by atoms with van der Waals surface area (Å²) in [6, 6.07) is 4.18. The number of aromatic nitrogens is 2. The molecule has 1 N–H and O–H groups in total. The number of aliphatic hydroxyl groups excluding tert-OH is 1. The van der Waals surface area contributed by atoms with E-state index in [1.165, 1.54) is 24.2 Å². The maximum absolute atomic E-state index is 13.5. The predicted molar refractivity (Wildman–Crippen MR) is 83.6 cm³/mol. The number of hydrogen-bond donors (Lipinski definition) is 1. The van der Waals surface area contributed by atoms with Crippen LogP contribution in [0, 0.1) is 0 Å². The minimum absolute atomic E-state index is 0.118. The Kier molecular flexibility index (Phi) is 4.11. The first-order valence-corrected chi connectivity index (χ1v) is 7.44. The number of carbonyl (C=O) groups is 1. The molecule has 2 atom stereocenters. The van der Waals surface area contributed by atoms with Crippen molar-refractivity contribution in [1.29, 1.82) is 0 Å². The van der Waals surface area contributed by atoms with Gasteiger partial charge in [-0.2, -0.15) is 13.2 Å². The third kappa shape index (κ3) is 2.91. The number of nitrogens with zero attached hydrogens (tertiary/aromatic N) is 4. The summed E-state index contributed by atoms with van der Waals surface area (Å²) < 4.78 is 40.6. The van der Waals surface area contributed by atoms with Crippen LogP contribution in [0.4, 0.5) is 23.8 Å². The lowest BCUT2D eigenvalue weighted by Crippen LogP contribution is -2.36. The van der Waals surface area contributed by atoms with Crippen molar-refractivity contribution >= 4 is 11.8 Å². The number of amides is 2. The van der Waals surface area contributed by atoms with Crippen molar-refractivity contribution in [2.24, 2.45) is 0 Å². The normalized spacial score (nSPS) is 21.1. The van der Waals surface area contributed by atoms with Gasteiger partial charge in [0.15, 0.2) is 6.23 Å². The number of aliphatic hydroxyl groups is 1. The summed E-state index contributed by atoms with van der Waals surface area (Å²) in [4.78, 5) is 22.2. The standard InChI is InChI=1S/C16H15F3N4O2/c1-9-14(24)23(15(25)22(9)2)13-7-11(16(17,18)19)10(8-21-13)12-5-3-4-6-20-12/h3-9,14,24H,1-2H3. The van der Waals surface area contributed by atoms with Crippen molar-refractivity contribution in [2.75, 3.05) is 11.9 Å². The number of urea groups is 1. The minimum atomic E-state index is -4.67. The van der Waals surface area contributed by atoms with Crippen LogP contribution in [0.15, 0.2) is 36.7 Å². The van der Waals surface area contributed by atoms with E-state index in [4.69, 9.17) is 0 Å². The summed E-state index contributed by atoms with van der Waals surface area (Å²) in [5.41, 5.74) is -1.05. The van der Waals surface area contributed by atoms with Crippen LogP contribution in [0.1, 0.15) is 12.5 Å². The number of likely N-dealkylation sites (N-methyl/N-ethyl adjacent to an activating group) is 1. The molecule has 132 valence electrons. The van der Waals surface area contributed by atoms with Crippen LogP contribution in [0.25, 0.3) is 11.3 Å².